The van der Waals surface area contributed by atoms with Crippen LogP contribution in [0.4, 0.5) is 0 Å². The highest BCUT2D eigenvalue weighted by Gasteiger charge is 2.20. The topological polar surface area (TPSA) is 61.4 Å². The number of hydrogen-bond acceptors (Lipinski definition) is 3. The number of hydrogen-bond donors (Lipinski definition) is 3. The zero-order chi connectivity index (χ0) is 11.3. The highest BCUT2D eigenvalue weighted by Crippen LogP contribution is 2.17. The van der Waals surface area contributed by atoms with Crippen LogP contribution in [-0.4, -0.2) is 35.7 Å². The first-order valence-electron chi connectivity index (χ1n) is 5.69. The van der Waals surface area contributed by atoms with Gasteiger partial charge in [0, 0.05) is 6.04 Å². The summed E-state index contributed by atoms with van der Waals surface area (Å²) in [6.45, 7) is 3.93. The molecule has 0 aromatic heterocycles. The Balaban J connectivity index is 2.18. The van der Waals surface area contributed by atoms with Gasteiger partial charge < -0.3 is 15.7 Å². The number of aliphatic hydroxyl groups excluding tert-OH is 1. The number of aliphatic hydroxyl groups is 1. The molecule has 0 unspecified atom stereocenters. The van der Waals surface area contributed by atoms with Gasteiger partial charge in [0.1, 0.15) is 0 Å². The minimum Gasteiger partial charge on any atom is -0.394 e. The average molecular weight is 214 g/mol. The smallest absolute Gasteiger partial charge is 0.234 e. The first-order chi connectivity index (χ1) is 7.03. The summed E-state index contributed by atoms with van der Waals surface area (Å²) in [5, 5.41) is 15.0. The fraction of sp³-hybridized carbons (Fsp3) is 0.909. The van der Waals surface area contributed by atoms with Crippen LogP contribution in [-0.2, 0) is 4.79 Å². The zero-order valence-corrected chi connectivity index (χ0v) is 9.68. The van der Waals surface area contributed by atoms with Crippen LogP contribution in [0.1, 0.15) is 39.5 Å². The van der Waals surface area contributed by atoms with Gasteiger partial charge in [-0.2, -0.15) is 0 Å². The van der Waals surface area contributed by atoms with Crippen LogP contribution in [0.25, 0.3) is 0 Å². The standard InChI is InChI=1S/C11H22N2O2/c1-11(2,8-14)13-10(15)7-12-9-5-3-4-6-9/h9,12,14H,3-8H2,1-2H3,(H,13,15). The molecular formula is C11H22N2O2. The molecule has 0 bridgehead atoms. The predicted molar refractivity (Wildman–Crippen MR) is 59.6 cm³/mol. The molecule has 4 nitrogen and oxygen atoms in total. The van der Waals surface area contributed by atoms with Gasteiger partial charge in [-0.05, 0) is 26.7 Å². The van der Waals surface area contributed by atoms with E-state index in [1.54, 1.807) is 13.8 Å². The Morgan fingerprint density at radius 2 is 2.00 bits per heavy atom. The normalized spacial score (nSPS) is 18.1. The summed E-state index contributed by atoms with van der Waals surface area (Å²) < 4.78 is 0. The van der Waals surface area contributed by atoms with Crippen molar-refractivity contribution in [2.24, 2.45) is 0 Å². The summed E-state index contributed by atoms with van der Waals surface area (Å²) in [6.07, 6.45) is 4.89. The lowest BCUT2D eigenvalue weighted by Crippen LogP contribution is -2.50. The highest BCUT2D eigenvalue weighted by molar-refractivity contribution is 5.78. The summed E-state index contributed by atoms with van der Waals surface area (Å²) in [7, 11) is 0. The Kier molecular flexibility index (Phi) is 4.54. The van der Waals surface area contributed by atoms with Gasteiger partial charge in [0.25, 0.3) is 0 Å². The molecule has 1 aliphatic carbocycles. The molecule has 0 spiro atoms. The SMILES string of the molecule is CC(C)(CO)NC(=O)CNC1CCCC1. The second-order valence-electron chi connectivity index (χ2n) is 4.95. The second-order valence-corrected chi connectivity index (χ2v) is 4.95. The van der Waals surface area contributed by atoms with Crippen LogP contribution < -0.4 is 10.6 Å². The third-order valence-electron chi connectivity index (χ3n) is 2.78. The Labute approximate surface area is 91.4 Å². The molecule has 0 heterocycles. The van der Waals surface area contributed by atoms with E-state index in [4.69, 9.17) is 5.11 Å². The summed E-state index contributed by atoms with van der Waals surface area (Å²) in [5.74, 6) is -0.0408. The maximum atomic E-state index is 11.5. The van der Waals surface area contributed by atoms with Crippen LogP contribution in [0.2, 0.25) is 0 Å². The molecule has 0 atom stereocenters. The van der Waals surface area contributed by atoms with E-state index in [1.165, 1.54) is 25.7 Å². The molecule has 88 valence electrons. The molecule has 4 heteroatoms. The van der Waals surface area contributed by atoms with Crippen molar-refractivity contribution in [1.29, 1.82) is 0 Å². The van der Waals surface area contributed by atoms with E-state index in [2.05, 4.69) is 10.6 Å². The van der Waals surface area contributed by atoms with Gasteiger partial charge in [-0.25, -0.2) is 0 Å². The molecule has 0 aromatic rings. The lowest BCUT2D eigenvalue weighted by molar-refractivity contribution is -0.122. The molecule has 1 fully saturated rings. The molecule has 0 radical (unpaired) electrons. The van der Waals surface area contributed by atoms with E-state index < -0.39 is 5.54 Å². The fourth-order valence-electron chi connectivity index (χ4n) is 1.83. The Bertz CT molecular complexity index is 211. The van der Waals surface area contributed by atoms with Crippen LogP contribution >= 0.6 is 0 Å². The summed E-state index contributed by atoms with van der Waals surface area (Å²) in [5.41, 5.74) is -0.519. The maximum absolute atomic E-state index is 11.5. The first-order valence-corrected chi connectivity index (χ1v) is 5.69. The van der Waals surface area contributed by atoms with Crippen molar-refractivity contribution in [2.45, 2.75) is 51.1 Å². The number of nitrogens with one attached hydrogen (secondary N) is 2. The minimum absolute atomic E-state index is 0.0395. The van der Waals surface area contributed by atoms with Crippen molar-refractivity contribution in [3.63, 3.8) is 0 Å². The Hall–Kier alpha value is -0.610. The van der Waals surface area contributed by atoms with Crippen molar-refractivity contribution in [3.05, 3.63) is 0 Å². The van der Waals surface area contributed by atoms with Crippen molar-refractivity contribution >= 4 is 5.91 Å². The van der Waals surface area contributed by atoms with E-state index in [9.17, 15) is 4.79 Å². The van der Waals surface area contributed by atoms with Crippen LogP contribution in [0.5, 0.6) is 0 Å². The quantitative estimate of drug-likeness (QED) is 0.621. The average Bonchev–Trinajstić information content (AvgIpc) is 2.66. The summed E-state index contributed by atoms with van der Waals surface area (Å²) in [4.78, 5) is 11.5. The lowest BCUT2D eigenvalue weighted by Gasteiger charge is -2.24. The van der Waals surface area contributed by atoms with Gasteiger partial charge in [0.2, 0.25) is 5.91 Å². The molecule has 0 aromatic carbocycles. The van der Waals surface area contributed by atoms with Gasteiger partial charge in [-0.3, -0.25) is 4.79 Å². The van der Waals surface area contributed by atoms with Crippen LogP contribution in [0.3, 0.4) is 0 Å². The van der Waals surface area contributed by atoms with Crippen molar-refractivity contribution in [1.82, 2.24) is 10.6 Å². The molecule has 1 saturated carbocycles. The number of carbonyl (C=O) groups is 1. The van der Waals surface area contributed by atoms with Crippen molar-refractivity contribution in [2.75, 3.05) is 13.2 Å². The molecule has 1 rings (SSSR count). The van der Waals surface area contributed by atoms with Crippen molar-refractivity contribution < 1.29 is 9.90 Å². The maximum Gasteiger partial charge on any atom is 0.234 e. The predicted octanol–water partition coefficient (Wildman–Crippen LogP) is 0.406. The van der Waals surface area contributed by atoms with E-state index >= 15 is 0 Å². The van der Waals surface area contributed by atoms with Gasteiger partial charge >= 0.3 is 0 Å². The Morgan fingerprint density at radius 3 is 2.53 bits per heavy atom. The van der Waals surface area contributed by atoms with E-state index in [1.807, 2.05) is 0 Å². The lowest BCUT2D eigenvalue weighted by atomic mass is 10.1. The first kappa shape index (κ1) is 12.5. The van der Waals surface area contributed by atoms with E-state index in [0.717, 1.165) is 0 Å². The molecule has 15 heavy (non-hydrogen) atoms. The van der Waals surface area contributed by atoms with Gasteiger partial charge in [0.05, 0.1) is 18.7 Å². The van der Waals surface area contributed by atoms with Gasteiger partial charge in [-0.1, -0.05) is 12.8 Å². The molecule has 0 aliphatic heterocycles. The molecular weight excluding hydrogens is 192 g/mol. The zero-order valence-electron chi connectivity index (χ0n) is 9.68. The molecule has 0 saturated heterocycles. The third kappa shape index (κ3) is 4.62. The Morgan fingerprint density at radius 1 is 1.40 bits per heavy atom. The minimum atomic E-state index is -0.519. The fourth-order valence-corrected chi connectivity index (χ4v) is 1.83. The summed E-state index contributed by atoms with van der Waals surface area (Å²) >= 11 is 0. The van der Waals surface area contributed by atoms with Crippen molar-refractivity contribution in [3.8, 4) is 0 Å². The second kappa shape index (κ2) is 5.47. The van der Waals surface area contributed by atoms with Crippen LogP contribution in [0.15, 0.2) is 0 Å². The number of amides is 1. The number of carbonyl (C=O) groups excluding carboxylic acids is 1. The molecule has 1 aliphatic rings. The largest absolute Gasteiger partial charge is 0.394 e. The highest BCUT2D eigenvalue weighted by atomic mass is 16.3. The monoisotopic (exact) mass is 214 g/mol. The molecule has 3 N–H and O–H groups in total. The van der Waals surface area contributed by atoms with Gasteiger partial charge in [-0.15, -0.1) is 0 Å². The van der Waals surface area contributed by atoms with E-state index in [0.29, 0.717) is 12.6 Å². The van der Waals surface area contributed by atoms with Gasteiger partial charge in [0.15, 0.2) is 0 Å². The molecule has 1 amide bonds. The number of rotatable bonds is 5. The summed E-state index contributed by atoms with van der Waals surface area (Å²) in [6, 6.07) is 0.507. The third-order valence-corrected chi connectivity index (χ3v) is 2.78. The van der Waals surface area contributed by atoms with E-state index in [-0.39, 0.29) is 12.5 Å². The van der Waals surface area contributed by atoms with Crippen LogP contribution in [0, 0.1) is 0 Å².